The van der Waals surface area contributed by atoms with Crippen molar-refractivity contribution >= 4 is 50.9 Å². The van der Waals surface area contributed by atoms with Gasteiger partial charge in [-0.05, 0) is 37.6 Å². The number of hydrogen-bond donors (Lipinski definition) is 3. The van der Waals surface area contributed by atoms with Gasteiger partial charge in [0.1, 0.15) is 22.5 Å². The molecule has 1 aliphatic heterocycles. The van der Waals surface area contributed by atoms with Crippen LogP contribution < -0.4 is 25.4 Å². The number of carbonyl (C=O) groups excluding carboxylic acids is 2. The third kappa shape index (κ3) is 6.50. The van der Waals surface area contributed by atoms with E-state index in [9.17, 15) is 9.59 Å². The molecule has 0 radical (unpaired) electrons. The third-order valence-corrected chi connectivity index (χ3v) is 7.46. The first kappa shape index (κ1) is 27.1. The molecule has 12 heteroatoms. The number of methoxy groups -OCH3 is 2. The Hall–Kier alpha value is -3.90. The van der Waals surface area contributed by atoms with E-state index >= 15 is 0 Å². The molecule has 38 heavy (non-hydrogen) atoms. The number of nitrogens with zero attached hydrogens (tertiary/aromatic N) is 3. The molecule has 0 fully saturated rings. The standard InChI is InChI=1S/C26H28N6O4S2/c1-5-21-31-32-26(38-21)29-20(33)14-37-25-27-15(2)22(24(34)28-16-9-7-6-8-10-16)23(30-25)18-12-11-17(35-3)13-19(18)36-4/h6-13,23H,5,14H2,1-4H3,(H,27,30)(H,28,34)(H,29,32,33)/t23-/m1/s1. The normalized spacial score (nSPS) is 14.8. The first-order valence-electron chi connectivity index (χ1n) is 11.8. The van der Waals surface area contributed by atoms with Gasteiger partial charge < -0.3 is 20.1 Å². The fourth-order valence-electron chi connectivity index (χ4n) is 3.74. The van der Waals surface area contributed by atoms with Gasteiger partial charge in [-0.2, -0.15) is 0 Å². The van der Waals surface area contributed by atoms with Gasteiger partial charge in [-0.1, -0.05) is 48.2 Å². The topological polar surface area (TPSA) is 127 Å². The highest BCUT2D eigenvalue weighted by atomic mass is 32.2. The van der Waals surface area contributed by atoms with Gasteiger partial charge in [0.05, 0.1) is 25.5 Å². The Balaban J connectivity index is 1.59. The Kier molecular flexibility index (Phi) is 8.98. The molecule has 198 valence electrons. The van der Waals surface area contributed by atoms with E-state index in [0.29, 0.717) is 44.3 Å². The smallest absolute Gasteiger partial charge is 0.255 e. The summed E-state index contributed by atoms with van der Waals surface area (Å²) in [6.07, 6.45) is 0.755. The van der Waals surface area contributed by atoms with E-state index in [1.807, 2.05) is 50.2 Å². The second kappa shape index (κ2) is 12.6. The van der Waals surface area contributed by atoms with Crippen LogP contribution in [0.25, 0.3) is 0 Å². The van der Waals surface area contributed by atoms with Crippen molar-refractivity contribution in [1.82, 2.24) is 15.5 Å². The number of ether oxygens (including phenoxy) is 2. The van der Waals surface area contributed by atoms with Crippen LogP contribution in [0, 0.1) is 0 Å². The molecule has 0 spiro atoms. The number of carbonyl (C=O) groups is 2. The fourth-order valence-corrected chi connectivity index (χ4v) is 5.18. The zero-order valence-corrected chi connectivity index (χ0v) is 23.0. The van der Waals surface area contributed by atoms with Crippen molar-refractivity contribution in [2.45, 2.75) is 26.3 Å². The molecular formula is C26H28N6O4S2. The molecule has 2 aromatic carbocycles. The zero-order valence-electron chi connectivity index (χ0n) is 21.4. The van der Waals surface area contributed by atoms with Crippen LogP contribution in [-0.4, -0.2) is 47.2 Å². The first-order valence-corrected chi connectivity index (χ1v) is 13.6. The monoisotopic (exact) mass is 552 g/mol. The van der Waals surface area contributed by atoms with E-state index in [0.717, 1.165) is 11.4 Å². The minimum Gasteiger partial charge on any atom is -0.497 e. The lowest BCUT2D eigenvalue weighted by Gasteiger charge is -2.27. The molecule has 0 saturated heterocycles. The maximum Gasteiger partial charge on any atom is 0.255 e. The molecular weight excluding hydrogens is 524 g/mol. The van der Waals surface area contributed by atoms with Crippen molar-refractivity contribution in [3.05, 3.63) is 70.4 Å². The van der Waals surface area contributed by atoms with Crippen LogP contribution in [-0.2, 0) is 16.0 Å². The highest BCUT2D eigenvalue weighted by molar-refractivity contribution is 8.14. The number of rotatable bonds is 9. The Bertz CT molecular complexity index is 1370. The van der Waals surface area contributed by atoms with Crippen molar-refractivity contribution in [1.29, 1.82) is 0 Å². The lowest BCUT2D eigenvalue weighted by Crippen LogP contribution is -2.33. The summed E-state index contributed by atoms with van der Waals surface area (Å²) in [5.41, 5.74) is 2.42. The molecule has 1 atom stereocenters. The highest BCUT2D eigenvalue weighted by Crippen LogP contribution is 2.39. The van der Waals surface area contributed by atoms with Crippen LogP contribution in [0.3, 0.4) is 0 Å². The zero-order chi connectivity index (χ0) is 27.1. The van der Waals surface area contributed by atoms with Gasteiger partial charge in [-0.25, -0.2) is 4.99 Å². The average Bonchev–Trinajstić information content (AvgIpc) is 3.39. The summed E-state index contributed by atoms with van der Waals surface area (Å²) in [4.78, 5) is 30.8. The SMILES string of the molecule is CCc1nnc(NC(=O)CSC2=N[C@H](c3ccc(OC)cc3OC)C(C(=O)Nc3ccccc3)=C(C)N2)s1. The predicted molar refractivity (Wildman–Crippen MR) is 151 cm³/mol. The average molecular weight is 553 g/mol. The van der Waals surface area contributed by atoms with Crippen LogP contribution in [0.1, 0.15) is 30.5 Å². The van der Waals surface area contributed by atoms with E-state index in [1.165, 1.54) is 23.1 Å². The molecule has 0 saturated carbocycles. The molecule has 3 aromatic rings. The molecule has 0 aliphatic carbocycles. The Labute approximate surface area is 228 Å². The van der Waals surface area contributed by atoms with Gasteiger partial charge in [-0.3, -0.25) is 14.9 Å². The quantitative estimate of drug-likeness (QED) is 0.357. The van der Waals surface area contributed by atoms with Crippen LogP contribution in [0.5, 0.6) is 11.5 Å². The number of thioether (sulfide) groups is 1. The predicted octanol–water partition coefficient (Wildman–Crippen LogP) is 4.40. The number of amides is 2. The first-order chi connectivity index (χ1) is 18.4. The number of aromatic nitrogens is 2. The van der Waals surface area contributed by atoms with Gasteiger partial charge >= 0.3 is 0 Å². The van der Waals surface area contributed by atoms with E-state index in [-0.39, 0.29) is 17.6 Å². The molecule has 3 N–H and O–H groups in total. The highest BCUT2D eigenvalue weighted by Gasteiger charge is 2.32. The number of anilines is 2. The van der Waals surface area contributed by atoms with Crippen molar-refractivity contribution in [3.8, 4) is 11.5 Å². The third-order valence-electron chi connectivity index (χ3n) is 5.59. The molecule has 4 rings (SSSR count). The number of aliphatic imine (C=N–C) groups is 1. The maximum atomic E-state index is 13.5. The van der Waals surface area contributed by atoms with Crippen molar-refractivity contribution in [2.75, 3.05) is 30.6 Å². The number of para-hydroxylation sites is 1. The van der Waals surface area contributed by atoms with Gasteiger partial charge in [0.25, 0.3) is 5.91 Å². The number of amidine groups is 1. The summed E-state index contributed by atoms with van der Waals surface area (Å²) < 4.78 is 11.0. The van der Waals surface area contributed by atoms with Gasteiger partial charge in [0, 0.05) is 23.0 Å². The summed E-state index contributed by atoms with van der Waals surface area (Å²) in [6.45, 7) is 3.79. The number of benzene rings is 2. The number of allylic oxidation sites excluding steroid dienone is 1. The van der Waals surface area contributed by atoms with E-state index in [1.54, 1.807) is 26.4 Å². The molecule has 2 amide bonds. The molecule has 2 heterocycles. The summed E-state index contributed by atoms with van der Waals surface area (Å²) >= 11 is 2.58. The van der Waals surface area contributed by atoms with Gasteiger partial charge in [-0.15, -0.1) is 10.2 Å². The van der Waals surface area contributed by atoms with Gasteiger partial charge in [0.2, 0.25) is 11.0 Å². The van der Waals surface area contributed by atoms with E-state index < -0.39 is 6.04 Å². The molecule has 10 nitrogen and oxygen atoms in total. The lowest BCUT2D eigenvalue weighted by atomic mass is 9.95. The second-order valence-corrected chi connectivity index (χ2v) is 10.1. The maximum absolute atomic E-state index is 13.5. The van der Waals surface area contributed by atoms with Crippen LogP contribution in [0.15, 0.2) is 64.8 Å². The van der Waals surface area contributed by atoms with Crippen LogP contribution >= 0.6 is 23.1 Å². The Morgan fingerprint density at radius 1 is 1.08 bits per heavy atom. The van der Waals surface area contributed by atoms with E-state index in [4.69, 9.17) is 14.5 Å². The molecule has 0 unspecified atom stereocenters. The number of hydrogen-bond acceptors (Lipinski definition) is 10. The minimum atomic E-state index is -0.679. The second-order valence-electron chi connectivity index (χ2n) is 8.12. The molecule has 1 aliphatic rings. The molecule has 0 bridgehead atoms. The summed E-state index contributed by atoms with van der Waals surface area (Å²) in [5, 5.41) is 18.7. The summed E-state index contributed by atoms with van der Waals surface area (Å²) in [6, 6.07) is 13.9. The summed E-state index contributed by atoms with van der Waals surface area (Å²) in [7, 11) is 3.13. The molecule has 1 aromatic heterocycles. The van der Waals surface area contributed by atoms with Crippen molar-refractivity contribution in [3.63, 3.8) is 0 Å². The summed E-state index contributed by atoms with van der Waals surface area (Å²) in [5.74, 6) is 0.721. The van der Waals surface area contributed by atoms with Gasteiger partial charge in [0.15, 0.2) is 5.17 Å². The van der Waals surface area contributed by atoms with E-state index in [2.05, 4.69) is 26.1 Å². The Morgan fingerprint density at radius 3 is 2.55 bits per heavy atom. The Morgan fingerprint density at radius 2 is 1.87 bits per heavy atom. The largest absolute Gasteiger partial charge is 0.497 e. The van der Waals surface area contributed by atoms with Crippen LogP contribution in [0.2, 0.25) is 0 Å². The van der Waals surface area contributed by atoms with Crippen molar-refractivity contribution < 1.29 is 19.1 Å². The number of nitrogens with one attached hydrogen (secondary N) is 3. The number of aryl methyl sites for hydroxylation is 1. The van der Waals surface area contributed by atoms with Crippen LogP contribution in [0.4, 0.5) is 10.8 Å². The fraction of sp³-hybridized carbons (Fsp3) is 0.269. The van der Waals surface area contributed by atoms with Crippen molar-refractivity contribution in [2.24, 2.45) is 4.99 Å². The lowest BCUT2D eigenvalue weighted by molar-refractivity contribution is -0.114. The minimum absolute atomic E-state index is 0.0954.